The minimum atomic E-state index is -3.71. The van der Waals surface area contributed by atoms with Crippen molar-refractivity contribution in [1.82, 2.24) is 4.31 Å². The van der Waals surface area contributed by atoms with Gasteiger partial charge in [-0.25, -0.2) is 13.2 Å². The number of fused-ring (bicyclic) bond motifs is 1. The van der Waals surface area contributed by atoms with E-state index in [-0.39, 0.29) is 36.3 Å². The minimum Gasteiger partial charge on any atom is -0.444 e. The number of cyclic esters (lactones) is 1. The molecule has 0 atom stereocenters. The zero-order chi connectivity index (χ0) is 20.6. The Morgan fingerprint density at radius 1 is 1.10 bits per heavy atom. The van der Waals surface area contributed by atoms with Gasteiger partial charge in [0, 0.05) is 51.4 Å². The van der Waals surface area contributed by atoms with Crippen molar-refractivity contribution in [3.05, 3.63) is 57.4 Å². The number of sulfonamides is 1. The summed E-state index contributed by atoms with van der Waals surface area (Å²) in [4.78, 5) is 25.0. The van der Waals surface area contributed by atoms with Crippen LogP contribution in [-0.4, -0.2) is 37.9 Å². The molecule has 1 fully saturated rings. The van der Waals surface area contributed by atoms with Gasteiger partial charge in [0.1, 0.15) is 6.61 Å². The third-order valence-electron chi connectivity index (χ3n) is 5.23. The summed E-state index contributed by atoms with van der Waals surface area (Å²) in [5.41, 5.74) is 1.91. The third-order valence-corrected chi connectivity index (χ3v) is 7.62. The summed E-state index contributed by atoms with van der Waals surface area (Å²) >= 11 is 3.43. The lowest BCUT2D eigenvalue weighted by Gasteiger charge is -2.39. The summed E-state index contributed by atoms with van der Waals surface area (Å²) in [7, 11) is -3.71. The summed E-state index contributed by atoms with van der Waals surface area (Å²) in [5, 5.41) is 1.72. The summed E-state index contributed by atoms with van der Waals surface area (Å²) in [6.45, 7) is 0.775. The number of piperidine rings is 1. The van der Waals surface area contributed by atoms with Crippen LogP contribution in [0.3, 0.4) is 0 Å². The Morgan fingerprint density at radius 3 is 2.59 bits per heavy atom. The monoisotopic (exact) mass is 480 g/mol. The molecule has 1 N–H and O–H groups in total. The summed E-state index contributed by atoms with van der Waals surface area (Å²) in [6.07, 6.45) is 0.572. The number of ether oxygens (including phenoxy) is 1. The number of halogens is 1. The quantitative estimate of drug-likeness (QED) is 0.723. The molecular formula is C19H19BrN3O5S+. The second-order valence-corrected chi connectivity index (χ2v) is 9.82. The summed E-state index contributed by atoms with van der Waals surface area (Å²) in [5.74, 6) is 0. The number of hydrogen-bond donors (Lipinski definition) is 1. The number of hydrogen-bond acceptors (Lipinski definition) is 5. The first-order valence-corrected chi connectivity index (χ1v) is 11.4. The molecule has 1 saturated heterocycles. The normalized spacial score (nSPS) is 18.2. The van der Waals surface area contributed by atoms with Gasteiger partial charge in [-0.2, -0.15) is 4.31 Å². The topological polar surface area (TPSA) is 98.0 Å². The SMILES string of the molecule is O=[NH+]c1cccc(S(=O)(=O)N2CCC(N3C(=O)OCc4cc(Br)ccc43)CC2)c1. The van der Waals surface area contributed by atoms with Crippen LogP contribution < -0.4 is 10.1 Å². The highest BCUT2D eigenvalue weighted by Gasteiger charge is 2.37. The average Bonchev–Trinajstić information content (AvgIpc) is 2.74. The van der Waals surface area contributed by atoms with E-state index in [1.807, 2.05) is 18.2 Å². The van der Waals surface area contributed by atoms with E-state index in [2.05, 4.69) is 15.9 Å². The number of nitrogens with zero attached hydrogens (tertiary/aromatic N) is 2. The van der Waals surface area contributed by atoms with Crippen LogP contribution in [0.5, 0.6) is 0 Å². The van der Waals surface area contributed by atoms with E-state index in [1.165, 1.54) is 28.6 Å². The van der Waals surface area contributed by atoms with Gasteiger partial charge < -0.3 is 4.74 Å². The van der Waals surface area contributed by atoms with Gasteiger partial charge in [-0.1, -0.05) is 22.0 Å². The van der Waals surface area contributed by atoms with Gasteiger partial charge >= 0.3 is 6.09 Å². The molecule has 0 radical (unpaired) electrons. The molecule has 2 aliphatic heterocycles. The van der Waals surface area contributed by atoms with Crippen LogP contribution in [0.2, 0.25) is 0 Å². The fourth-order valence-corrected chi connectivity index (χ4v) is 5.69. The molecule has 29 heavy (non-hydrogen) atoms. The molecule has 0 spiro atoms. The number of carbonyl (C=O) groups is 1. The molecular weight excluding hydrogens is 462 g/mol. The lowest BCUT2D eigenvalue weighted by Crippen LogP contribution is -2.55. The van der Waals surface area contributed by atoms with E-state index in [1.54, 1.807) is 10.1 Å². The second kappa shape index (κ2) is 7.85. The maximum Gasteiger partial charge on any atom is 0.414 e. The largest absolute Gasteiger partial charge is 0.444 e. The van der Waals surface area contributed by atoms with Crippen molar-refractivity contribution in [2.45, 2.75) is 30.4 Å². The highest BCUT2D eigenvalue weighted by molar-refractivity contribution is 9.10. The zero-order valence-electron chi connectivity index (χ0n) is 15.4. The Balaban J connectivity index is 1.52. The zero-order valence-corrected chi connectivity index (χ0v) is 17.8. The van der Waals surface area contributed by atoms with E-state index < -0.39 is 16.1 Å². The molecule has 2 aromatic rings. The number of anilines is 1. The summed E-state index contributed by atoms with van der Waals surface area (Å²) in [6, 6.07) is 11.4. The van der Waals surface area contributed by atoms with E-state index in [9.17, 15) is 18.1 Å². The van der Waals surface area contributed by atoms with Crippen molar-refractivity contribution in [2.75, 3.05) is 18.0 Å². The van der Waals surface area contributed by atoms with Crippen LogP contribution in [0.15, 0.2) is 51.8 Å². The number of benzene rings is 2. The molecule has 152 valence electrons. The molecule has 4 rings (SSSR count). The first-order chi connectivity index (χ1) is 13.9. The lowest BCUT2D eigenvalue weighted by atomic mass is 10.0. The number of amides is 1. The second-order valence-electron chi connectivity index (χ2n) is 6.96. The average molecular weight is 481 g/mol. The van der Waals surface area contributed by atoms with Crippen molar-refractivity contribution in [2.24, 2.45) is 0 Å². The van der Waals surface area contributed by atoms with Crippen LogP contribution in [-0.2, 0) is 21.4 Å². The van der Waals surface area contributed by atoms with E-state index >= 15 is 0 Å². The Kier molecular flexibility index (Phi) is 5.41. The highest BCUT2D eigenvalue weighted by atomic mass is 79.9. The van der Waals surface area contributed by atoms with Gasteiger partial charge in [-0.05, 0) is 37.1 Å². The number of nitroso groups, excluding NO2 is 1. The molecule has 0 saturated carbocycles. The molecule has 2 heterocycles. The molecule has 0 bridgehead atoms. The predicted octanol–water partition coefficient (Wildman–Crippen LogP) is 2.24. The Labute approximate surface area is 176 Å². The number of carbonyl (C=O) groups excluding carboxylic acids is 1. The van der Waals surface area contributed by atoms with Crippen molar-refractivity contribution >= 4 is 43.4 Å². The first kappa shape index (κ1) is 20.0. The molecule has 2 aliphatic rings. The van der Waals surface area contributed by atoms with Crippen LogP contribution in [0.1, 0.15) is 18.4 Å². The molecule has 0 unspecified atom stereocenters. The van der Waals surface area contributed by atoms with Crippen molar-refractivity contribution < 1.29 is 23.1 Å². The van der Waals surface area contributed by atoms with E-state index in [4.69, 9.17) is 4.74 Å². The third kappa shape index (κ3) is 3.79. The Morgan fingerprint density at radius 2 is 1.86 bits per heavy atom. The fraction of sp³-hybridized carbons (Fsp3) is 0.316. The van der Waals surface area contributed by atoms with E-state index in [0.717, 1.165) is 15.7 Å². The molecule has 2 aromatic carbocycles. The van der Waals surface area contributed by atoms with Crippen molar-refractivity contribution in [1.29, 1.82) is 0 Å². The minimum absolute atomic E-state index is 0.0735. The van der Waals surface area contributed by atoms with Crippen LogP contribution in [0.25, 0.3) is 0 Å². The van der Waals surface area contributed by atoms with Crippen molar-refractivity contribution in [3.63, 3.8) is 0 Å². The van der Waals surface area contributed by atoms with Gasteiger partial charge in [0.05, 0.1) is 10.6 Å². The standard InChI is InChI=1S/C19H18BrN3O5S/c20-14-4-5-18-13(10-14)12-28-19(24)23(18)16-6-8-22(9-7-16)29(26,27)17-3-1-2-15(11-17)21-25/h1-5,10-11,16H,6-9,12H2/p+1. The molecule has 8 nitrogen and oxygen atoms in total. The lowest BCUT2D eigenvalue weighted by molar-refractivity contribution is -0.379. The van der Waals surface area contributed by atoms with Gasteiger partial charge in [-0.15, -0.1) is 0 Å². The Bertz CT molecular complexity index is 1070. The highest BCUT2D eigenvalue weighted by Crippen LogP contribution is 2.34. The molecule has 0 aliphatic carbocycles. The first-order valence-electron chi connectivity index (χ1n) is 9.13. The predicted molar refractivity (Wildman–Crippen MR) is 109 cm³/mol. The summed E-state index contributed by atoms with van der Waals surface area (Å²) < 4.78 is 33.5. The van der Waals surface area contributed by atoms with Gasteiger partial charge in [-0.3, -0.25) is 4.90 Å². The van der Waals surface area contributed by atoms with Gasteiger partial charge in [0.2, 0.25) is 10.0 Å². The van der Waals surface area contributed by atoms with Crippen LogP contribution in [0.4, 0.5) is 16.2 Å². The molecule has 1 amide bonds. The van der Waals surface area contributed by atoms with Crippen LogP contribution >= 0.6 is 15.9 Å². The number of rotatable bonds is 4. The number of nitrogens with one attached hydrogen (secondary N) is 1. The van der Waals surface area contributed by atoms with Gasteiger partial charge in [0.25, 0.3) is 5.69 Å². The molecule has 0 aromatic heterocycles. The van der Waals surface area contributed by atoms with Gasteiger partial charge in [0.15, 0.2) is 0 Å². The smallest absolute Gasteiger partial charge is 0.414 e. The molecule has 10 heteroatoms. The maximum atomic E-state index is 12.9. The van der Waals surface area contributed by atoms with Crippen LogP contribution in [0, 0.1) is 4.91 Å². The fourth-order valence-electron chi connectivity index (χ4n) is 3.77. The van der Waals surface area contributed by atoms with Crippen molar-refractivity contribution in [3.8, 4) is 0 Å². The van der Waals surface area contributed by atoms with E-state index in [0.29, 0.717) is 12.8 Å². The Hall–Kier alpha value is -2.30. The maximum absolute atomic E-state index is 12.9.